The number of ether oxygens (including phenoxy) is 1. The number of primary sulfonamides is 1. The van der Waals surface area contributed by atoms with Crippen molar-refractivity contribution in [2.24, 2.45) is 5.14 Å². The third-order valence-corrected chi connectivity index (χ3v) is 5.04. The van der Waals surface area contributed by atoms with Crippen molar-refractivity contribution in [3.8, 4) is 11.4 Å². The van der Waals surface area contributed by atoms with Crippen LogP contribution in [-0.2, 0) is 10.0 Å². The summed E-state index contributed by atoms with van der Waals surface area (Å²) in [6.45, 7) is 3.86. The maximum absolute atomic E-state index is 12.6. The summed E-state index contributed by atoms with van der Waals surface area (Å²) >= 11 is 0. The summed E-state index contributed by atoms with van der Waals surface area (Å²) in [5.41, 5.74) is 3.33. The minimum atomic E-state index is -3.91. The van der Waals surface area contributed by atoms with Gasteiger partial charge in [0, 0.05) is 11.3 Å². The molecule has 0 saturated carbocycles. The maximum Gasteiger partial charge on any atom is 0.255 e. The summed E-state index contributed by atoms with van der Waals surface area (Å²) in [6, 6.07) is 12.9. The molecule has 0 spiro atoms. The van der Waals surface area contributed by atoms with E-state index in [2.05, 4.69) is 10.4 Å². The smallest absolute Gasteiger partial charge is 0.255 e. The van der Waals surface area contributed by atoms with Gasteiger partial charge in [-0.05, 0) is 62.4 Å². The van der Waals surface area contributed by atoms with Crippen LogP contribution in [0.1, 0.15) is 21.7 Å². The summed E-state index contributed by atoms with van der Waals surface area (Å²) in [4.78, 5) is 12.5. The first kappa shape index (κ1) is 19.6. The highest BCUT2D eigenvalue weighted by Crippen LogP contribution is 2.27. The molecule has 0 atom stereocenters. The Labute approximate surface area is 163 Å². The second-order valence-electron chi connectivity index (χ2n) is 6.25. The standard InChI is InChI=1S/C19H20N4O4S/c1-12-10-13(2)23(22-12)15-6-4-14(5-7-15)19(24)21-17-11-16(28(20,25)26)8-9-18(17)27-3/h4-11H,1-3H3,(H,21,24)(H2,20,25,26). The molecular formula is C19H20N4O4S. The van der Waals surface area contributed by atoms with Crippen LogP contribution in [0.5, 0.6) is 5.75 Å². The summed E-state index contributed by atoms with van der Waals surface area (Å²) < 4.78 is 30.1. The van der Waals surface area contributed by atoms with Crippen LogP contribution in [0.15, 0.2) is 53.4 Å². The highest BCUT2D eigenvalue weighted by atomic mass is 32.2. The summed E-state index contributed by atoms with van der Waals surface area (Å²) in [7, 11) is -2.48. The lowest BCUT2D eigenvalue weighted by Crippen LogP contribution is -2.15. The number of carbonyl (C=O) groups is 1. The van der Waals surface area contributed by atoms with Crippen molar-refractivity contribution >= 4 is 21.6 Å². The molecule has 0 radical (unpaired) electrons. The molecule has 0 unspecified atom stereocenters. The van der Waals surface area contributed by atoms with Crippen molar-refractivity contribution < 1.29 is 17.9 Å². The largest absolute Gasteiger partial charge is 0.495 e. The Morgan fingerprint density at radius 2 is 1.79 bits per heavy atom. The lowest BCUT2D eigenvalue weighted by atomic mass is 10.2. The molecule has 0 saturated heterocycles. The van der Waals surface area contributed by atoms with Gasteiger partial charge < -0.3 is 10.1 Å². The van der Waals surface area contributed by atoms with E-state index in [1.165, 1.54) is 25.3 Å². The summed E-state index contributed by atoms with van der Waals surface area (Å²) in [5, 5.41) is 12.2. The predicted octanol–water partition coefficient (Wildman–Crippen LogP) is 2.40. The first-order valence-electron chi connectivity index (χ1n) is 8.35. The number of nitrogens with one attached hydrogen (secondary N) is 1. The molecular weight excluding hydrogens is 380 g/mol. The van der Waals surface area contributed by atoms with Crippen LogP contribution in [-0.4, -0.2) is 31.2 Å². The average molecular weight is 400 g/mol. The van der Waals surface area contributed by atoms with Crippen molar-refractivity contribution in [1.82, 2.24) is 9.78 Å². The van der Waals surface area contributed by atoms with Gasteiger partial charge in [0.25, 0.3) is 5.91 Å². The van der Waals surface area contributed by atoms with E-state index >= 15 is 0 Å². The first-order valence-corrected chi connectivity index (χ1v) is 9.89. The van der Waals surface area contributed by atoms with Gasteiger partial charge in [0.1, 0.15) is 5.75 Å². The lowest BCUT2D eigenvalue weighted by Gasteiger charge is -2.12. The van der Waals surface area contributed by atoms with E-state index in [4.69, 9.17) is 9.88 Å². The minimum Gasteiger partial charge on any atom is -0.495 e. The van der Waals surface area contributed by atoms with Crippen LogP contribution >= 0.6 is 0 Å². The molecule has 3 rings (SSSR count). The van der Waals surface area contributed by atoms with Gasteiger partial charge in [0.15, 0.2) is 0 Å². The number of benzene rings is 2. The van der Waals surface area contributed by atoms with Crippen molar-refractivity contribution in [2.45, 2.75) is 18.7 Å². The monoisotopic (exact) mass is 400 g/mol. The van der Waals surface area contributed by atoms with Gasteiger partial charge in [0.2, 0.25) is 10.0 Å². The molecule has 3 aromatic rings. The number of methoxy groups -OCH3 is 1. The van der Waals surface area contributed by atoms with Gasteiger partial charge in [-0.15, -0.1) is 0 Å². The molecule has 1 heterocycles. The lowest BCUT2D eigenvalue weighted by molar-refractivity contribution is 0.102. The molecule has 0 aliphatic rings. The number of anilines is 1. The summed E-state index contributed by atoms with van der Waals surface area (Å²) in [6.07, 6.45) is 0. The van der Waals surface area contributed by atoms with E-state index in [1.807, 2.05) is 19.9 Å². The molecule has 3 N–H and O–H groups in total. The van der Waals surface area contributed by atoms with E-state index < -0.39 is 15.9 Å². The van der Waals surface area contributed by atoms with Crippen LogP contribution in [0.3, 0.4) is 0 Å². The summed E-state index contributed by atoms with van der Waals surface area (Å²) in [5.74, 6) is -0.0928. The van der Waals surface area contributed by atoms with Crippen molar-refractivity contribution in [3.63, 3.8) is 0 Å². The van der Waals surface area contributed by atoms with Crippen molar-refractivity contribution in [2.75, 3.05) is 12.4 Å². The molecule has 1 amide bonds. The fourth-order valence-electron chi connectivity index (χ4n) is 2.80. The molecule has 28 heavy (non-hydrogen) atoms. The van der Waals surface area contributed by atoms with Crippen molar-refractivity contribution in [1.29, 1.82) is 0 Å². The second-order valence-corrected chi connectivity index (χ2v) is 7.81. The predicted molar refractivity (Wildman–Crippen MR) is 105 cm³/mol. The number of amides is 1. The van der Waals surface area contributed by atoms with E-state index in [9.17, 15) is 13.2 Å². The van der Waals surface area contributed by atoms with Crippen LogP contribution in [0.2, 0.25) is 0 Å². The number of nitrogens with two attached hydrogens (primary N) is 1. The van der Waals surface area contributed by atoms with E-state index in [0.29, 0.717) is 11.3 Å². The Morgan fingerprint density at radius 1 is 1.11 bits per heavy atom. The number of nitrogens with zero attached hydrogens (tertiary/aromatic N) is 2. The highest BCUT2D eigenvalue weighted by Gasteiger charge is 2.15. The number of sulfonamides is 1. The van der Waals surface area contributed by atoms with Crippen LogP contribution in [0.25, 0.3) is 5.69 Å². The molecule has 1 aromatic heterocycles. The van der Waals surface area contributed by atoms with Gasteiger partial charge >= 0.3 is 0 Å². The quantitative estimate of drug-likeness (QED) is 0.682. The molecule has 9 heteroatoms. The Morgan fingerprint density at radius 3 is 2.32 bits per heavy atom. The zero-order valence-corrected chi connectivity index (χ0v) is 16.4. The number of hydrogen-bond donors (Lipinski definition) is 2. The third-order valence-electron chi connectivity index (χ3n) is 4.13. The van der Waals surface area contributed by atoms with Gasteiger partial charge in [0.05, 0.1) is 29.1 Å². The molecule has 8 nitrogen and oxygen atoms in total. The highest BCUT2D eigenvalue weighted by molar-refractivity contribution is 7.89. The maximum atomic E-state index is 12.6. The number of rotatable bonds is 5. The number of aryl methyl sites for hydroxylation is 2. The number of hydrogen-bond acceptors (Lipinski definition) is 5. The Hall–Kier alpha value is -3.17. The fraction of sp³-hybridized carbons (Fsp3) is 0.158. The second kappa shape index (κ2) is 7.45. The van der Waals surface area contributed by atoms with Crippen LogP contribution in [0.4, 0.5) is 5.69 Å². The van der Waals surface area contributed by atoms with E-state index in [1.54, 1.807) is 28.9 Å². The van der Waals surface area contributed by atoms with Gasteiger partial charge in [-0.2, -0.15) is 5.10 Å². The molecule has 0 bridgehead atoms. The molecule has 2 aromatic carbocycles. The molecule has 0 aliphatic heterocycles. The zero-order chi connectivity index (χ0) is 20.5. The van der Waals surface area contributed by atoms with Gasteiger partial charge in [-0.1, -0.05) is 0 Å². The fourth-order valence-corrected chi connectivity index (χ4v) is 3.34. The van der Waals surface area contributed by atoms with Gasteiger partial charge in [-0.25, -0.2) is 18.2 Å². The Bertz CT molecular complexity index is 1140. The van der Waals surface area contributed by atoms with E-state index in [-0.39, 0.29) is 10.6 Å². The van der Waals surface area contributed by atoms with Crippen molar-refractivity contribution in [3.05, 3.63) is 65.5 Å². The van der Waals surface area contributed by atoms with E-state index in [0.717, 1.165) is 17.1 Å². The SMILES string of the molecule is COc1ccc(S(N)(=O)=O)cc1NC(=O)c1ccc(-n2nc(C)cc2C)cc1. The minimum absolute atomic E-state index is 0.122. The number of carbonyl (C=O) groups excluding carboxylic acids is 1. The number of aromatic nitrogens is 2. The Balaban J connectivity index is 1.86. The van der Waals surface area contributed by atoms with Crippen LogP contribution in [0, 0.1) is 13.8 Å². The van der Waals surface area contributed by atoms with Crippen LogP contribution < -0.4 is 15.2 Å². The third kappa shape index (κ3) is 4.05. The normalized spacial score (nSPS) is 11.3. The average Bonchev–Trinajstić information content (AvgIpc) is 2.99. The molecule has 146 valence electrons. The molecule has 0 aliphatic carbocycles. The zero-order valence-electron chi connectivity index (χ0n) is 15.6. The molecule has 0 fully saturated rings. The Kier molecular flexibility index (Phi) is 5.21. The van der Waals surface area contributed by atoms with Gasteiger partial charge in [-0.3, -0.25) is 4.79 Å². The topological polar surface area (TPSA) is 116 Å². The first-order chi connectivity index (χ1) is 13.2.